The molecule has 2 heterocycles. The van der Waals surface area contributed by atoms with Crippen LogP contribution in [0.1, 0.15) is 47.2 Å². The third kappa shape index (κ3) is 3.05. The highest BCUT2D eigenvalue weighted by molar-refractivity contribution is 5.94. The minimum absolute atomic E-state index is 0.0315. The van der Waals surface area contributed by atoms with Crippen molar-refractivity contribution in [3.05, 3.63) is 34.9 Å². The lowest BCUT2D eigenvalue weighted by Gasteiger charge is -2.30. The number of nitrogens with one attached hydrogen (secondary N) is 1. The van der Waals surface area contributed by atoms with Crippen LogP contribution in [-0.4, -0.2) is 48.6 Å². The first-order valence-corrected chi connectivity index (χ1v) is 9.03. The first-order chi connectivity index (χ1) is 11.7. The second-order valence-corrected chi connectivity index (χ2v) is 7.08. The molecule has 2 amide bonds. The first kappa shape index (κ1) is 15.6. The summed E-state index contributed by atoms with van der Waals surface area (Å²) in [6, 6.07) is 6.23. The summed E-state index contributed by atoms with van der Waals surface area (Å²) in [5, 5.41) is 3.00. The zero-order chi connectivity index (χ0) is 16.5. The Morgan fingerprint density at radius 2 is 1.92 bits per heavy atom. The molecule has 128 valence electrons. The number of hydrogen-bond donors (Lipinski definition) is 1. The number of likely N-dealkylation sites (tertiary alicyclic amines) is 1. The van der Waals surface area contributed by atoms with Gasteiger partial charge in [-0.15, -0.1) is 0 Å². The molecular formula is C19H24N2O3. The minimum Gasteiger partial charge on any atom is -0.366 e. The number of carbonyl (C=O) groups is 2. The van der Waals surface area contributed by atoms with Gasteiger partial charge in [-0.1, -0.05) is 6.07 Å². The number of carbonyl (C=O) groups excluding carboxylic acids is 2. The van der Waals surface area contributed by atoms with Crippen LogP contribution in [0.3, 0.4) is 0 Å². The summed E-state index contributed by atoms with van der Waals surface area (Å²) < 4.78 is 5.63. The van der Waals surface area contributed by atoms with Crippen LogP contribution in [0.15, 0.2) is 18.2 Å². The van der Waals surface area contributed by atoms with Crippen molar-refractivity contribution in [3.63, 3.8) is 0 Å². The summed E-state index contributed by atoms with van der Waals surface area (Å²) >= 11 is 0. The van der Waals surface area contributed by atoms with Gasteiger partial charge in [0.15, 0.2) is 0 Å². The molecule has 0 aromatic heterocycles. The second kappa shape index (κ2) is 6.55. The lowest BCUT2D eigenvalue weighted by Crippen LogP contribution is -2.51. The molecule has 0 bridgehead atoms. The van der Waals surface area contributed by atoms with E-state index in [1.54, 1.807) is 0 Å². The Morgan fingerprint density at radius 3 is 2.79 bits per heavy atom. The van der Waals surface area contributed by atoms with Crippen LogP contribution in [0.5, 0.6) is 0 Å². The summed E-state index contributed by atoms with van der Waals surface area (Å²) in [5.74, 6) is 0.0547. The van der Waals surface area contributed by atoms with Crippen LogP contribution >= 0.6 is 0 Å². The van der Waals surface area contributed by atoms with E-state index in [1.165, 1.54) is 24.0 Å². The molecule has 4 rings (SSSR count). The molecule has 5 heteroatoms. The van der Waals surface area contributed by atoms with E-state index in [1.807, 2.05) is 11.0 Å². The maximum atomic E-state index is 12.9. The number of ether oxygens (including phenoxy) is 1. The lowest BCUT2D eigenvalue weighted by molar-refractivity contribution is -0.136. The van der Waals surface area contributed by atoms with Crippen molar-refractivity contribution >= 4 is 11.8 Å². The number of nitrogens with zero attached hydrogens (tertiary/aromatic N) is 1. The van der Waals surface area contributed by atoms with Crippen LogP contribution in [0.4, 0.5) is 0 Å². The Balaban J connectivity index is 1.47. The molecule has 1 N–H and O–H groups in total. The molecule has 0 radical (unpaired) electrons. The largest absolute Gasteiger partial charge is 0.366 e. The maximum Gasteiger partial charge on any atom is 0.253 e. The molecule has 1 aliphatic carbocycles. The molecule has 2 atom stereocenters. The summed E-state index contributed by atoms with van der Waals surface area (Å²) in [4.78, 5) is 26.3. The maximum absolute atomic E-state index is 12.9. The molecular weight excluding hydrogens is 304 g/mol. The van der Waals surface area contributed by atoms with E-state index in [0.717, 1.165) is 31.2 Å². The monoisotopic (exact) mass is 328 g/mol. The van der Waals surface area contributed by atoms with E-state index in [-0.39, 0.29) is 30.6 Å². The van der Waals surface area contributed by atoms with Crippen molar-refractivity contribution in [1.82, 2.24) is 10.2 Å². The van der Waals surface area contributed by atoms with Crippen LogP contribution in [-0.2, 0) is 22.4 Å². The van der Waals surface area contributed by atoms with Gasteiger partial charge >= 0.3 is 0 Å². The van der Waals surface area contributed by atoms with Crippen LogP contribution in [0, 0.1) is 0 Å². The van der Waals surface area contributed by atoms with Gasteiger partial charge < -0.3 is 15.0 Å². The van der Waals surface area contributed by atoms with Crippen molar-refractivity contribution in [3.8, 4) is 0 Å². The second-order valence-electron chi connectivity index (χ2n) is 7.08. The zero-order valence-corrected chi connectivity index (χ0v) is 13.9. The number of rotatable bonds is 1. The highest BCUT2D eigenvalue weighted by atomic mass is 16.5. The Kier molecular flexibility index (Phi) is 4.27. The molecule has 0 unspecified atom stereocenters. The Morgan fingerprint density at radius 1 is 1.12 bits per heavy atom. The van der Waals surface area contributed by atoms with Crippen molar-refractivity contribution in [2.75, 3.05) is 19.7 Å². The SMILES string of the molecule is O=C1CO[C@H]2CCN(C(=O)c3ccc4c(c3)CCCC4)CC[C@@H]2N1. The molecule has 1 aromatic carbocycles. The highest BCUT2D eigenvalue weighted by Gasteiger charge is 2.33. The normalized spacial score (nSPS) is 26.8. The predicted molar refractivity (Wildman–Crippen MR) is 89.9 cm³/mol. The van der Waals surface area contributed by atoms with Crippen LogP contribution in [0.2, 0.25) is 0 Å². The quantitative estimate of drug-likeness (QED) is 0.853. The molecule has 0 spiro atoms. The first-order valence-electron chi connectivity index (χ1n) is 9.03. The average molecular weight is 328 g/mol. The topological polar surface area (TPSA) is 58.6 Å². The van der Waals surface area contributed by atoms with E-state index in [4.69, 9.17) is 4.74 Å². The number of benzene rings is 1. The Labute approximate surface area is 142 Å². The zero-order valence-electron chi connectivity index (χ0n) is 13.9. The van der Waals surface area contributed by atoms with Crippen LogP contribution < -0.4 is 5.32 Å². The molecule has 2 aliphatic heterocycles. The van der Waals surface area contributed by atoms with E-state index in [2.05, 4.69) is 17.4 Å². The molecule has 5 nitrogen and oxygen atoms in total. The number of amides is 2. The van der Waals surface area contributed by atoms with E-state index in [0.29, 0.717) is 13.1 Å². The molecule has 2 saturated heterocycles. The van der Waals surface area contributed by atoms with Gasteiger partial charge in [0.05, 0.1) is 12.1 Å². The summed E-state index contributed by atoms with van der Waals surface area (Å²) in [6.07, 6.45) is 6.25. The molecule has 0 saturated carbocycles. The van der Waals surface area contributed by atoms with Gasteiger partial charge in [-0.2, -0.15) is 0 Å². The Bertz CT molecular complexity index is 658. The molecule has 1 aromatic rings. The van der Waals surface area contributed by atoms with Crippen molar-refractivity contribution < 1.29 is 14.3 Å². The predicted octanol–water partition coefficient (Wildman–Crippen LogP) is 1.69. The number of fused-ring (bicyclic) bond motifs is 2. The molecule has 3 aliphatic rings. The highest BCUT2D eigenvalue weighted by Crippen LogP contribution is 2.24. The van der Waals surface area contributed by atoms with Crippen molar-refractivity contribution in [1.29, 1.82) is 0 Å². The van der Waals surface area contributed by atoms with Gasteiger partial charge in [-0.25, -0.2) is 0 Å². The number of aryl methyl sites for hydroxylation is 2. The fraction of sp³-hybridized carbons (Fsp3) is 0.579. The summed E-state index contributed by atoms with van der Waals surface area (Å²) in [5.41, 5.74) is 3.53. The van der Waals surface area contributed by atoms with Gasteiger partial charge in [0.2, 0.25) is 5.91 Å². The average Bonchev–Trinajstić information content (AvgIpc) is 2.83. The smallest absolute Gasteiger partial charge is 0.253 e. The van der Waals surface area contributed by atoms with Crippen LogP contribution in [0.25, 0.3) is 0 Å². The number of hydrogen-bond acceptors (Lipinski definition) is 3. The fourth-order valence-electron chi connectivity index (χ4n) is 4.12. The molecule has 24 heavy (non-hydrogen) atoms. The van der Waals surface area contributed by atoms with Gasteiger partial charge in [-0.3, -0.25) is 9.59 Å². The fourth-order valence-corrected chi connectivity index (χ4v) is 4.12. The minimum atomic E-state index is -0.0503. The van der Waals surface area contributed by atoms with Crippen molar-refractivity contribution in [2.45, 2.75) is 50.7 Å². The van der Waals surface area contributed by atoms with Crippen molar-refractivity contribution in [2.24, 2.45) is 0 Å². The van der Waals surface area contributed by atoms with E-state index >= 15 is 0 Å². The van der Waals surface area contributed by atoms with E-state index < -0.39 is 0 Å². The number of morpholine rings is 1. The third-order valence-corrected chi connectivity index (χ3v) is 5.50. The third-order valence-electron chi connectivity index (χ3n) is 5.50. The van der Waals surface area contributed by atoms with Gasteiger partial charge in [0, 0.05) is 18.7 Å². The van der Waals surface area contributed by atoms with Gasteiger partial charge in [-0.05, 0) is 61.8 Å². The lowest BCUT2D eigenvalue weighted by atomic mass is 9.90. The standard InChI is InChI=1S/C19H24N2O3/c22-18-12-24-17-8-10-21(9-7-16(17)20-18)19(23)15-6-5-13-3-1-2-4-14(13)11-15/h5-6,11,16-17H,1-4,7-10,12H2,(H,20,22)/t16-,17-/m0/s1. The van der Waals surface area contributed by atoms with Gasteiger partial charge in [0.1, 0.15) is 6.61 Å². The molecule has 2 fully saturated rings. The summed E-state index contributed by atoms with van der Waals surface area (Å²) in [6.45, 7) is 1.49. The van der Waals surface area contributed by atoms with Gasteiger partial charge in [0.25, 0.3) is 5.91 Å². The summed E-state index contributed by atoms with van der Waals surface area (Å²) in [7, 11) is 0. The Hall–Kier alpha value is -1.88. The van der Waals surface area contributed by atoms with E-state index in [9.17, 15) is 9.59 Å².